The largest absolute Gasteiger partial charge is 0.396 e. The van der Waals surface area contributed by atoms with Crippen molar-refractivity contribution in [2.24, 2.45) is 0 Å². The summed E-state index contributed by atoms with van der Waals surface area (Å²) in [6.07, 6.45) is 0. The number of thioether (sulfide) groups is 1. The summed E-state index contributed by atoms with van der Waals surface area (Å²) in [4.78, 5) is 0. The molecule has 0 rings (SSSR count). The lowest BCUT2D eigenvalue weighted by Gasteiger charge is -1.90. The van der Waals surface area contributed by atoms with Crippen molar-refractivity contribution in [3.05, 3.63) is 0 Å². The van der Waals surface area contributed by atoms with Crippen molar-refractivity contribution in [3.63, 3.8) is 0 Å². The molecule has 0 aromatic rings. The highest BCUT2D eigenvalue weighted by Crippen LogP contribution is 1.97. The van der Waals surface area contributed by atoms with E-state index in [-0.39, 0.29) is 0 Å². The second-order valence-electron chi connectivity index (χ2n) is 1.06. The molecule has 0 atom stereocenters. The average Bonchev–Trinajstić information content (AvgIpc) is 1.69. The molecule has 0 spiro atoms. The summed E-state index contributed by atoms with van der Waals surface area (Å²) in [7, 11) is 0. The molecule has 0 saturated heterocycles. The fourth-order valence-corrected chi connectivity index (χ4v) is 1.08. The Hall–Kier alpha value is 0.660. The van der Waals surface area contributed by atoms with Crippen LogP contribution in [0.25, 0.3) is 0 Å². The molecule has 0 bridgehead atoms. The number of rotatable bonds is 4. The Bertz CT molecular complexity index is 28.9. The van der Waals surface area contributed by atoms with Gasteiger partial charge in [0, 0.05) is 11.5 Å². The van der Waals surface area contributed by atoms with Gasteiger partial charge in [-0.15, -0.1) is 0 Å². The van der Waals surface area contributed by atoms with Crippen molar-refractivity contribution in [1.29, 1.82) is 0 Å². The summed E-state index contributed by atoms with van der Waals surface area (Å²) in [6, 6.07) is 0. The summed E-state index contributed by atoms with van der Waals surface area (Å²) in [5, 5.41) is 8.25. The second-order valence-corrected chi connectivity index (χ2v) is 2.73. The van der Waals surface area contributed by atoms with E-state index in [1.54, 1.807) is 11.8 Å². The predicted octanol–water partition coefficient (Wildman–Crippen LogP) is 0.642. The number of hydrogen-bond donors (Lipinski definition) is 2. The van der Waals surface area contributed by atoms with Gasteiger partial charge >= 0.3 is 0 Å². The fraction of sp³-hybridized carbons (Fsp3) is 1.00. The van der Waals surface area contributed by atoms with Gasteiger partial charge in [0.1, 0.15) is 0 Å². The molecule has 0 aliphatic rings. The first-order valence-corrected chi connectivity index (χ1v) is 4.00. The standard InChI is InChI=1S/C4H10OS2/c5-1-3-7-4-2-6/h5-6H,1-4H2. The maximum absolute atomic E-state index is 8.25. The molecule has 0 aromatic heterocycles. The molecule has 7 heavy (non-hydrogen) atoms. The fourth-order valence-electron chi connectivity index (χ4n) is 0.231. The van der Waals surface area contributed by atoms with Crippen LogP contribution in [0.5, 0.6) is 0 Å². The van der Waals surface area contributed by atoms with Gasteiger partial charge in [0.05, 0.1) is 6.61 Å². The minimum absolute atomic E-state index is 0.290. The zero-order chi connectivity index (χ0) is 5.54. The minimum atomic E-state index is 0.290. The van der Waals surface area contributed by atoms with E-state index in [4.69, 9.17) is 5.11 Å². The van der Waals surface area contributed by atoms with Crippen LogP contribution >= 0.6 is 24.4 Å². The molecule has 0 fully saturated rings. The van der Waals surface area contributed by atoms with Crippen molar-refractivity contribution in [1.82, 2.24) is 0 Å². The van der Waals surface area contributed by atoms with Crippen LogP contribution in [0.1, 0.15) is 0 Å². The Morgan fingerprint density at radius 2 is 2.14 bits per heavy atom. The Morgan fingerprint density at radius 3 is 2.57 bits per heavy atom. The van der Waals surface area contributed by atoms with Crippen LogP contribution in [-0.2, 0) is 0 Å². The molecule has 0 heterocycles. The van der Waals surface area contributed by atoms with E-state index < -0.39 is 0 Å². The number of thiol groups is 1. The normalized spacial score (nSPS) is 9.43. The van der Waals surface area contributed by atoms with Gasteiger partial charge in [-0.3, -0.25) is 0 Å². The lowest BCUT2D eigenvalue weighted by atomic mass is 10.9. The number of aliphatic hydroxyl groups is 1. The van der Waals surface area contributed by atoms with Crippen LogP contribution in [0, 0.1) is 0 Å². The predicted molar refractivity (Wildman–Crippen MR) is 38.3 cm³/mol. The van der Waals surface area contributed by atoms with E-state index in [0.717, 1.165) is 17.3 Å². The van der Waals surface area contributed by atoms with Crippen molar-refractivity contribution < 1.29 is 5.11 Å². The van der Waals surface area contributed by atoms with E-state index in [1.807, 2.05) is 0 Å². The van der Waals surface area contributed by atoms with Gasteiger partial charge < -0.3 is 5.11 Å². The summed E-state index contributed by atoms with van der Waals surface area (Å²) in [6.45, 7) is 0.290. The van der Waals surface area contributed by atoms with Gasteiger partial charge in [0.15, 0.2) is 0 Å². The Morgan fingerprint density at radius 1 is 1.43 bits per heavy atom. The maximum atomic E-state index is 8.25. The van der Waals surface area contributed by atoms with Gasteiger partial charge in [0.2, 0.25) is 0 Å². The Kier molecular flexibility index (Phi) is 7.29. The van der Waals surface area contributed by atoms with Crippen LogP contribution in [0.2, 0.25) is 0 Å². The molecule has 0 aliphatic heterocycles. The molecule has 0 aliphatic carbocycles. The summed E-state index contributed by atoms with van der Waals surface area (Å²) >= 11 is 5.72. The molecule has 1 nitrogen and oxygen atoms in total. The van der Waals surface area contributed by atoms with E-state index in [1.165, 1.54) is 0 Å². The van der Waals surface area contributed by atoms with E-state index in [9.17, 15) is 0 Å². The van der Waals surface area contributed by atoms with Crippen LogP contribution in [-0.4, -0.2) is 29.0 Å². The second kappa shape index (κ2) is 6.66. The van der Waals surface area contributed by atoms with E-state index in [2.05, 4.69) is 12.6 Å². The van der Waals surface area contributed by atoms with Crippen LogP contribution in [0.15, 0.2) is 0 Å². The average molecular weight is 138 g/mol. The van der Waals surface area contributed by atoms with Gasteiger partial charge in [-0.2, -0.15) is 24.4 Å². The first-order chi connectivity index (χ1) is 3.41. The smallest absolute Gasteiger partial charge is 0.0521 e. The monoisotopic (exact) mass is 138 g/mol. The van der Waals surface area contributed by atoms with Crippen molar-refractivity contribution in [3.8, 4) is 0 Å². The maximum Gasteiger partial charge on any atom is 0.0521 e. The molecule has 0 radical (unpaired) electrons. The highest BCUT2D eigenvalue weighted by atomic mass is 32.2. The molecule has 1 N–H and O–H groups in total. The molecule has 0 unspecified atom stereocenters. The van der Waals surface area contributed by atoms with Gasteiger partial charge in [-0.05, 0) is 5.75 Å². The van der Waals surface area contributed by atoms with E-state index in [0.29, 0.717) is 6.61 Å². The summed E-state index contributed by atoms with van der Waals surface area (Å²) in [5.74, 6) is 2.80. The molecule has 0 aromatic carbocycles. The van der Waals surface area contributed by atoms with E-state index >= 15 is 0 Å². The molecule has 3 heteroatoms. The first kappa shape index (κ1) is 7.66. The van der Waals surface area contributed by atoms with Gasteiger partial charge in [0.25, 0.3) is 0 Å². The van der Waals surface area contributed by atoms with Gasteiger partial charge in [-0.1, -0.05) is 0 Å². The van der Waals surface area contributed by atoms with Crippen molar-refractivity contribution in [2.45, 2.75) is 0 Å². The third kappa shape index (κ3) is 6.66. The highest BCUT2D eigenvalue weighted by molar-refractivity contribution is 7.99. The lowest BCUT2D eigenvalue weighted by Crippen LogP contribution is -1.88. The first-order valence-electron chi connectivity index (χ1n) is 2.21. The molecular weight excluding hydrogens is 128 g/mol. The SMILES string of the molecule is OCCSCCS. The summed E-state index contributed by atoms with van der Waals surface area (Å²) < 4.78 is 0. The molecule has 44 valence electrons. The summed E-state index contributed by atoms with van der Waals surface area (Å²) in [5.41, 5.74) is 0. The third-order valence-electron chi connectivity index (χ3n) is 0.471. The van der Waals surface area contributed by atoms with Crippen LogP contribution in [0.3, 0.4) is 0 Å². The molecule has 0 saturated carbocycles. The number of hydrogen-bond acceptors (Lipinski definition) is 3. The third-order valence-corrected chi connectivity index (χ3v) is 1.96. The zero-order valence-electron chi connectivity index (χ0n) is 4.13. The quantitative estimate of drug-likeness (QED) is 0.439. The minimum Gasteiger partial charge on any atom is -0.396 e. The van der Waals surface area contributed by atoms with Gasteiger partial charge in [-0.25, -0.2) is 0 Å². The highest BCUT2D eigenvalue weighted by Gasteiger charge is 1.80. The van der Waals surface area contributed by atoms with Crippen molar-refractivity contribution in [2.75, 3.05) is 23.9 Å². The Labute approximate surface area is 53.9 Å². The zero-order valence-corrected chi connectivity index (χ0v) is 5.84. The number of aliphatic hydroxyl groups excluding tert-OH is 1. The van der Waals surface area contributed by atoms with Crippen LogP contribution in [0.4, 0.5) is 0 Å². The Balaban J connectivity index is 2.45. The van der Waals surface area contributed by atoms with Crippen LogP contribution < -0.4 is 0 Å². The molecular formula is C4H10OS2. The van der Waals surface area contributed by atoms with Crippen molar-refractivity contribution >= 4 is 24.4 Å². The topological polar surface area (TPSA) is 20.2 Å². The molecule has 0 amide bonds. The lowest BCUT2D eigenvalue weighted by molar-refractivity contribution is 0.322.